The number of ether oxygens (including phenoxy) is 2. The van der Waals surface area contributed by atoms with Crippen LogP contribution in [0.1, 0.15) is 32.1 Å². The molecule has 1 aliphatic heterocycles. The number of carbonyl (C=O) groups is 1. The number of carbonyl (C=O) groups excluding carboxylic acids is 1. The number of nitrogens with two attached hydrogens (primary N) is 1. The minimum atomic E-state index is -0.285. The second-order valence-electron chi connectivity index (χ2n) is 5.75. The molecule has 1 aromatic carbocycles. The van der Waals surface area contributed by atoms with Crippen LogP contribution in [0.15, 0.2) is 24.3 Å². The van der Waals surface area contributed by atoms with E-state index >= 15 is 0 Å². The number of hydrogen-bond acceptors (Lipinski definition) is 4. The lowest BCUT2D eigenvalue weighted by molar-refractivity contribution is -0.120. The van der Waals surface area contributed by atoms with Crippen molar-refractivity contribution in [1.82, 2.24) is 0 Å². The molecule has 2 rings (SSSR count). The van der Waals surface area contributed by atoms with Crippen molar-refractivity contribution in [3.05, 3.63) is 29.8 Å². The summed E-state index contributed by atoms with van der Waals surface area (Å²) >= 11 is 0. The van der Waals surface area contributed by atoms with E-state index < -0.39 is 0 Å². The first kappa shape index (κ1) is 15.9. The Labute approximate surface area is 125 Å². The molecule has 1 fully saturated rings. The highest BCUT2D eigenvalue weighted by Gasteiger charge is 2.20. The Morgan fingerprint density at radius 3 is 2.43 bits per heavy atom. The molecule has 1 aromatic rings. The fraction of sp³-hybridized carbons (Fsp3) is 0.562. The molecule has 0 saturated carbocycles. The molecule has 3 N–H and O–H groups in total. The summed E-state index contributed by atoms with van der Waals surface area (Å²) in [5.41, 5.74) is 7.42. The van der Waals surface area contributed by atoms with E-state index in [-0.39, 0.29) is 18.1 Å². The summed E-state index contributed by atoms with van der Waals surface area (Å²) in [5.74, 6) is 0.279. The van der Waals surface area contributed by atoms with Crippen molar-refractivity contribution in [2.75, 3.05) is 25.1 Å². The van der Waals surface area contributed by atoms with E-state index in [4.69, 9.17) is 15.2 Å². The molecular weight excluding hydrogens is 268 g/mol. The lowest BCUT2D eigenvalue weighted by Crippen LogP contribution is -2.30. The number of rotatable bonds is 6. The number of benzene rings is 1. The molecule has 116 valence electrons. The summed E-state index contributed by atoms with van der Waals surface area (Å²) in [7, 11) is 0. The van der Waals surface area contributed by atoms with Crippen molar-refractivity contribution >= 4 is 11.6 Å². The third kappa shape index (κ3) is 4.52. The van der Waals surface area contributed by atoms with Gasteiger partial charge < -0.3 is 20.5 Å². The van der Waals surface area contributed by atoms with Gasteiger partial charge >= 0.3 is 0 Å². The zero-order valence-electron chi connectivity index (χ0n) is 12.7. The van der Waals surface area contributed by atoms with Gasteiger partial charge in [0, 0.05) is 17.8 Å². The van der Waals surface area contributed by atoms with Gasteiger partial charge in [0.1, 0.15) is 0 Å². The van der Waals surface area contributed by atoms with Crippen LogP contribution < -0.4 is 11.1 Å². The van der Waals surface area contributed by atoms with Crippen LogP contribution in [0.4, 0.5) is 5.69 Å². The summed E-state index contributed by atoms with van der Waals surface area (Å²) in [5, 5.41) is 2.92. The molecule has 1 amide bonds. The Morgan fingerprint density at radius 2 is 1.90 bits per heavy atom. The van der Waals surface area contributed by atoms with Gasteiger partial charge in [-0.1, -0.05) is 26.0 Å². The number of nitrogens with one attached hydrogen (secondary N) is 1. The molecule has 5 heteroatoms. The molecule has 1 saturated heterocycles. The van der Waals surface area contributed by atoms with Gasteiger partial charge in [0.15, 0.2) is 6.29 Å². The average molecular weight is 292 g/mol. The van der Waals surface area contributed by atoms with Gasteiger partial charge in [-0.2, -0.15) is 0 Å². The van der Waals surface area contributed by atoms with Gasteiger partial charge in [-0.3, -0.25) is 4.79 Å². The first-order valence-electron chi connectivity index (χ1n) is 7.44. The Hall–Kier alpha value is -1.43. The monoisotopic (exact) mass is 292 g/mol. The molecule has 0 radical (unpaired) electrons. The van der Waals surface area contributed by atoms with E-state index in [1.165, 1.54) is 0 Å². The first-order chi connectivity index (χ1) is 10.1. The lowest BCUT2D eigenvalue weighted by atomic mass is 9.96. The van der Waals surface area contributed by atoms with Crippen LogP contribution >= 0.6 is 0 Å². The van der Waals surface area contributed by atoms with Crippen LogP contribution in [0.25, 0.3) is 0 Å². The van der Waals surface area contributed by atoms with E-state index in [1.807, 2.05) is 24.3 Å². The molecular formula is C16H24N2O3. The predicted octanol–water partition coefficient (Wildman–Crippen LogP) is 2.29. The number of hydrogen-bond donors (Lipinski definition) is 2. The average Bonchev–Trinajstić information content (AvgIpc) is 2.99. The SMILES string of the molecule is CC(C)CC(CN)C(=O)Nc1ccc(C2OCCO2)cc1. The Bertz CT molecular complexity index is 453. The highest BCUT2D eigenvalue weighted by Crippen LogP contribution is 2.24. The highest BCUT2D eigenvalue weighted by atomic mass is 16.7. The lowest BCUT2D eigenvalue weighted by Gasteiger charge is -2.17. The van der Waals surface area contributed by atoms with Crippen molar-refractivity contribution in [2.45, 2.75) is 26.6 Å². The Kier molecular flexibility index (Phi) is 5.73. The van der Waals surface area contributed by atoms with Crippen LogP contribution in [-0.2, 0) is 14.3 Å². The topological polar surface area (TPSA) is 73.6 Å². The summed E-state index contributed by atoms with van der Waals surface area (Å²) in [4.78, 5) is 12.2. The van der Waals surface area contributed by atoms with E-state index in [9.17, 15) is 4.79 Å². The van der Waals surface area contributed by atoms with Crippen molar-refractivity contribution < 1.29 is 14.3 Å². The maximum atomic E-state index is 12.2. The minimum Gasteiger partial charge on any atom is -0.346 e. The first-order valence-corrected chi connectivity index (χ1v) is 7.44. The molecule has 0 aliphatic carbocycles. The van der Waals surface area contributed by atoms with Crippen molar-refractivity contribution in [3.63, 3.8) is 0 Å². The van der Waals surface area contributed by atoms with Gasteiger partial charge in [0.05, 0.1) is 19.1 Å². The zero-order chi connectivity index (χ0) is 15.2. The molecule has 0 bridgehead atoms. The summed E-state index contributed by atoms with van der Waals surface area (Å²) in [6.07, 6.45) is 0.511. The maximum Gasteiger partial charge on any atom is 0.228 e. The number of anilines is 1. The van der Waals surface area contributed by atoms with E-state index in [1.54, 1.807) is 0 Å². The van der Waals surface area contributed by atoms with Crippen molar-refractivity contribution in [1.29, 1.82) is 0 Å². The van der Waals surface area contributed by atoms with Gasteiger partial charge in [0.2, 0.25) is 5.91 Å². The number of amides is 1. The largest absolute Gasteiger partial charge is 0.346 e. The van der Waals surface area contributed by atoms with E-state index in [0.29, 0.717) is 25.7 Å². The van der Waals surface area contributed by atoms with Crippen molar-refractivity contribution in [2.24, 2.45) is 17.6 Å². The highest BCUT2D eigenvalue weighted by molar-refractivity contribution is 5.92. The fourth-order valence-electron chi connectivity index (χ4n) is 2.40. The second-order valence-corrected chi connectivity index (χ2v) is 5.75. The van der Waals surface area contributed by atoms with Gasteiger partial charge in [0.25, 0.3) is 0 Å². The third-order valence-electron chi connectivity index (χ3n) is 3.48. The summed E-state index contributed by atoms with van der Waals surface area (Å²) in [6.45, 7) is 5.79. The van der Waals surface area contributed by atoms with Crippen molar-refractivity contribution in [3.8, 4) is 0 Å². The molecule has 0 aromatic heterocycles. The van der Waals surface area contributed by atoms with Gasteiger partial charge in [-0.25, -0.2) is 0 Å². The van der Waals surface area contributed by atoms with E-state index in [0.717, 1.165) is 17.7 Å². The van der Waals surface area contributed by atoms with Crippen LogP contribution in [-0.4, -0.2) is 25.7 Å². The smallest absolute Gasteiger partial charge is 0.228 e. The normalized spacial score (nSPS) is 17.1. The predicted molar refractivity (Wildman–Crippen MR) is 81.7 cm³/mol. The molecule has 1 unspecified atom stereocenters. The standard InChI is InChI=1S/C16H24N2O3/c1-11(2)9-13(10-17)15(19)18-14-5-3-12(4-6-14)16-20-7-8-21-16/h3-6,11,13,16H,7-10,17H2,1-2H3,(H,18,19). The second kappa shape index (κ2) is 7.54. The van der Waals surface area contributed by atoms with E-state index in [2.05, 4.69) is 19.2 Å². The van der Waals surface area contributed by atoms with Gasteiger partial charge in [-0.05, 0) is 24.5 Å². The zero-order valence-corrected chi connectivity index (χ0v) is 12.7. The molecule has 1 heterocycles. The fourth-order valence-corrected chi connectivity index (χ4v) is 2.40. The Balaban J connectivity index is 1.94. The maximum absolute atomic E-state index is 12.2. The third-order valence-corrected chi connectivity index (χ3v) is 3.48. The molecule has 0 spiro atoms. The van der Waals surface area contributed by atoms with Crippen LogP contribution in [0.2, 0.25) is 0 Å². The molecule has 1 aliphatic rings. The summed E-state index contributed by atoms with van der Waals surface area (Å²) < 4.78 is 10.9. The minimum absolute atomic E-state index is 0.0210. The molecule has 1 atom stereocenters. The van der Waals surface area contributed by atoms with Crippen LogP contribution in [0.3, 0.4) is 0 Å². The molecule has 21 heavy (non-hydrogen) atoms. The Morgan fingerprint density at radius 1 is 1.29 bits per heavy atom. The van der Waals surface area contributed by atoms with Crippen LogP contribution in [0, 0.1) is 11.8 Å². The summed E-state index contributed by atoms with van der Waals surface area (Å²) in [6, 6.07) is 7.54. The molecule has 5 nitrogen and oxygen atoms in total. The quantitative estimate of drug-likeness (QED) is 0.843. The van der Waals surface area contributed by atoms with Gasteiger partial charge in [-0.15, -0.1) is 0 Å². The van der Waals surface area contributed by atoms with Crippen LogP contribution in [0.5, 0.6) is 0 Å².